The van der Waals surface area contributed by atoms with Crippen molar-refractivity contribution in [2.45, 2.75) is 19.4 Å². The molecule has 0 aliphatic carbocycles. The number of nitrogens with two attached hydrogens (primary N) is 1. The van der Waals surface area contributed by atoms with Crippen LogP contribution in [0.2, 0.25) is 5.02 Å². The van der Waals surface area contributed by atoms with Crippen LogP contribution in [0.5, 0.6) is 5.75 Å². The van der Waals surface area contributed by atoms with Gasteiger partial charge in [0, 0.05) is 17.7 Å². The lowest BCUT2D eigenvalue weighted by molar-refractivity contribution is 0.454. The molecule has 13 heavy (non-hydrogen) atoms. The topological polar surface area (TPSA) is 46.2 Å². The molecule has 0 radical (unpaired) electrons. The summed E-state index contributed by atoms with van der Waals surface area (Å²) in [4.78, 5) is 0. The second kappa shape index (κ2) is 3.94. The van der Waals surface area contributed by atoms with Crippen molar-refractivity contribution in [1.29, 1.82) is 0 Å². The van der Waals surface area contributed by atoms with Gasteiger partial charge in [0.05, 0.1) is 5.02 Å². The first kappa shape index (κ1) is 10.3. The van der Waals surface area contributed by atoms with E-state index < -0.39 is 5.82 Å². The molecule has 0 aliphatic rings. The van der Waals surface area contributed by atoms with Gasteiger partial charge in [0.15, 0.2) is 0 Å². The first-order valence-electron chi connectivity index (χ1n) is 3.99. The Bertz CT molecular complexity index is 317. The van der Waals surface area contributed by atoms with Crippen LogP contribution in [0, 0.1) is 5.82 Å². The van der Waals surface area contributed by atoms with Crippen molar-refractivity contribution in [3.63, 3.8) is 0 Å². The van der Waals surface area contributed by atoms with Crippen molar-refractivity contribution in [3.05, 3.63) is 28.5 Å². The van der Waals surface area contributed by atoms with Gasteiger partial charge in [0.25, 0.3) is 0 Å². The summed E-state index contributed by atoms with van der Waals surface area (Å²) in [6.45, 7) is 1.88. The highest BCUT2D eigenvalue weighted by Crippen LogP contribution is 2.29. The van der Waals surface area contributed by atoms with Crippen molar-refractivity contribution >= 4 is 11.6 Å². The molecule has 1 atom stereocenters. The molecule has 1 unspecified atom stereocenters. The quantitative estimate of drug-likeness (QED) is 0.776. The predicted octanol–water partition coefficient (Wildman–Crippen LogP) is 2.59. The predicted molar refractivity (Wildman–Crippen MR) is 50.3 cm³/mol. The zero-order valence-corrected chi connectivity index (χ0v) is 7.98. The van der Waals surface area contributed by atoms with Crippen LogP contribution in [0.4, 0.5) is 4.39 Å². The van der Waals surface area contributed by atoms with Crippen LogP contribution in [-0.4, -0.2) is 5.11 Å². The van der Waals surface area contributed by atoms with E-state index in [1.165, 1.54) is 6.07 Å². The summed E-state index contributed by atoms with van der Waals surface area (Å²) in [5.74, 6) is -0.775. The number of rotatable bonds is 2. The molecule has 0 heterocycles. The van der Waals surface area contributed by atoms with Crippen LogP contribution in [0.15, 0.2) is 12.1 Å². The zero-order valence-electron chi connectivity index (χ0n) is 7.22. The van der Waals surface area contributed by atoms with Crippen molar-refractivity contribution in [3.8, 4) is 5.75 Å². The molecule has 0 aliphatic heterocycles. The largest absolute Gasteiger partial charge is 0.508 e. The molecule has 0 spiro atoms. The van der Waals surface area contributed by atoms with E-state index in [2.05, 4.69) is 0 Å². The standard InChI is InChI=1S/C9H11ClFNO/c1-2-8(12)5-3-6(10)7(11)4-9(5)13/h3-4,8,13H,2,12H2,1H3. The van der Waals surface area contributed by atoms with E-state index in [-0.39, 0.29) is 16.8 Å². The Morgan fingerprint density at radius 2 is 2.23 bits per heavy atom. The number of aromatic hydroxyl groups is 1. The van der Waals surface area contributed by atoms with Gasteiger partial charge in [0.2, 0.25) is 0 Å². The van der Waals surface area contributed by atoms with Gasteiger partial charge in [0.1, 0.15) is 11.6 Å². The van der Waals surface area contributed by atoms with Gasteiger partial charge in [-0.1, -0.05) is 18.5 Å². The Labute approximate surface area is 81.1 Å². The van der Waals surface area contributed by atoms with E-state index in [4.69, 9.17) is 17.3 Å². The Morgan fingerprint density at radius 3 is 2.77 bits per heavy atom. The average Bonchev–Trinajstić information content (AvgIpc) is 2.10. The summed E-state index contributed by atoms with van der Waals surface area (Å²) >= 11 is 5.55. The number of benzene rings is 1. The summed E-state index contributed by atoms with van der Waals surface area (Å²) in [5, 5.41) is 9.32. The van der Waals surface area contributed by atoms with Gasteiger partial charge >= 0.3 is 0 Å². The molecule has 0 fully saturated rings. The minimum Gasteiger partial charge on any atom is -0.508 e. The Balaban J connectivity index is 3.15. The van der Waals surface area contributed by atoms with Crippen LogP contribution in [0.1, 0.15) is 24.9 Å². The third kappa shape index (κ3) is 2.11. The van der Waals surface area contributed by atoms with E-state index >= 15 is 0 Å². The van der Waals surface area contributed by atoms with Gasteiger partial charge in [-0.25, -0.2) is 4.39 Å². The lowest BCUT2D eigenvalue weighted by Gasteiger charge is -2.11. The molecular weight excluding hydrogens is 193 g/mol. The molecule has 2 nitrogen and oxygen atoms in total. The minimum absolute atomic E-state index is 0.0169. The number of phenols is 1. The summed E-state index contributed by atoms with van der Waals surface area (Å²) in [7, 11) is 0. The molecule has 1 aromatic carbocycles. The number of phenolic OH excluding ortho intramolecular Hbond substituents is 1. The third-order valence-corrected chi connectivity index (χ3v) is 2.20. The van der Waals surface area contributed by atoms with Crippen LogP contribution in [0.25, 0.3) is 0 Å². The second-order valence-electron chi connectivity index (χ2n) is 2.84. The zero-order chi connectivity index (χ0) is 10.0. The van der Waals surface area contributed by atoms with E-state index in [1.54, 1.807) is 0 Å². The second-order valence-corrected chi connectivity index (χ2v) is 3.25. The minimum atomic E-state index is -0.633. The molecule has 0 saturated heterocycles. The maximum Gasteiger partial charge on any atom is 0.145 e. The van der Waals surface area contributed by atoms with Gasteiger partial charge < -0.3 is 10.8 Å². The lowest BCUT2D eigenvalue weighted by Crippen LogP contribution is -2.09. The smallest absolute Gasteiger partial charge is 0.145 e. The first-order valence-corrected chi connectivity index (χ1v) is 4.37. The van der Waals surface area contributed by atoms with E-state index in [0.29, 0.717) is 12.0 Å². The monoisotopic (exact) mass is 203 g/mol. The van der Waals surface area contributed by atoms with Gasteiger partial charge in [-0.05, 0) is 12.5 Å². The Morgan fingerprint density at radius 1 is 1.62 bits per heavy atom. The Kier molecular flexibility index (Phi) is 3.12. The fraction of sp³-hybridized carbons (Fsp3) is 0.333. The lowest BCUT2D eigenvalue weighted by atomic mass is 10.0. The maximum atomic E-state index is 12.8. The molecule has 3 N–H and O–H groups in total. The third-order valence-electron chi connectivity index (χ3n) is 1.91. The van der Waals surface area contributed by atoms with Crippen molar-refractivity contribution in [2.24, 2.45) is 5.73 Å². The molecular formula is C9H11ClFNO. The average molecular weight is 204 g/mol. The molecule has 1 aromatic rings. The van der Waals surface area contributed by atoms with Crippen LogP contribution in [-0.2, 0) is 0 Å². The van der Waals surface area contributed by atoms with Gasteiger partial charge in [-0.2, -0.15) is 0 Å². The fourth-order valence-corrected chi connectivity index (χ4v) is 1.24. The summed E-state index contributed by atoms with van der Waals surface area (Å²) < 4.78 is 12.8. The number of hydrogen-bond donors (Lipinski definition) is 2. The number of halogens is 2. The van der Waals surface area contributed by atoms with Crippen molar-refractivity contribution in [1.82, 2.24) is 0 Å². The molecule has 0 saturated carbocycles. The Hall–Kier alpha value is -0.800. The molecule has 72 valence electrons. The van der Waals surface area contributed by atoms with Crippen LogP contribution < -0.4 is 5.73 Å². The van der Waals surface area contributed by atoms with Gasteiger partial charge in [-0.15, -0.1) is 0 Å². The van der Waals surface area contributed by atoms with Crippen molar-refractivity contribution in [2.75, 3.05) is 0 Å². The molecule has 4 heteroatoms. The highest BCUT2D eigenvalue weighted by atomic mass is 35.5. The van der Waals surface area contributed by atoms with Gasteiger partial charge in [-0.3, -0.25) is 0 Å². The highest BCUT2D eigenvalue weighted by molar-refractivity contribution is 6.30. The molecule has 0 bridgehead atoms. The van der Waals surface area contributed by atoms with Crippen LogP contribution >= 0.6 is 11.6 Å². The molecule has 0 amide bonds. The maximum absolute atomic E-state index is 12.8. The SMILES string of the molecule is CCC(N)c1cc(Cl)c(F)cc1O. The molecule has 0 aromatic heterocycles. The van der Waals surface area contributed by atoms with Crippen molar-refractivity contribution < 1.29 is 9.50 Å². The molecule has 1 rings (SSSR count). The van der Waals surface area contributed by atoms with Crippen LogP contribution in [0.3, 0.4) is 0 Å². The first-order chi connectivity index (χ1) is 6.06. The summed E-state index contributed by atoms with van der Waals surface area (Å²) in [5.41, 5.74) is 6.15. The number of hydrogen-bond acceptors (Lipinski definition) is 2. The fourth-order valence-electron chi connectivity index (χ4n) is 1.07. The van der Waals surface area contributed by atoms with E-state index in [0.717, 1.165) is 6.07 Å². The summed E-state index contributed by atoms with van der Waals surface area (Å²) in [6.07, 6.45) is 0.662. The van der Waals surface area contributed by atoms with E-state index in [1.807, 2.05) is 6.92 Å². The highest BCUT2D eigenvalue weighted by Gasteiger charge is 2.12. The summed E-state index contributed by atoms with van der Waals surface area (Å²) in [6, 6.07) is 2.03. The van der Waals surface area contributed by atoms with E-state index in [9.17, 15) is 9.50 Å². The normalized spacial score (nSPS) is 12.9.